The number of nitrogens with one attached hydrogen (secondary N) is 1. The topological polar surface area (TPSA) is 53.9 Å². The first-order valence-corrected chi connectivity index (χ1v) is 11.7. The number of benzene rings is 1. The van der Waals surface area contributed by atoms with Gasteiger partial charge < -0.3 is 5.32 Å². The Balaban J connectivity index is 1.32. The Labute approximate surface area is 202 Å². The Kier molecular flexibility index (Phi) is 6.63. The third-order valence-electron chi connectivity index (χ3n) is 6.50. The molecule has 1 aliphatic rings. The standard InChI is InChI=1S/C27H26F3N5/c28-27(29,30)24-9-8-22-25(34-24)23(21-6-2-1-3-7-21)17-33-26(22)32-16-19-10-13-35(14-11-19)18-20-5-4-12-31-15-20/h1-9,12,15,17,19H,10-11,13-14,16,18H2,(H,32,33). The highest BCUT2D eigenvalue weighted by Gasteiger charge is 2.33. The summed E-state index contributed by atoms with van der Waals surface area (Å²) in [5, 5.41) is 3.99. The molecule has 0 amide bonds. The minimum absolute atomic E-state index is 0.301. The van der Waals surface area contributed by atoms with Gasteiger partial charge in [0.15, 0.2) is 0 Å². The smallest absolute Gasteiger partial charge is 0.369 e. The van der Waals surface area contributed by atoms with Crippen LogP contribution in [0, 0.1) is 5.92 Å². The zero-order valence-electron chi connectivity index (χ0n) is 19.2. The summed E-state index contributed by atoms with van der Waals surface area (Å²) in [5.41, 5.74) is 1.98. The molecule has 4 heterocycles. The Morgan fingerprint density at radius 1 is 0.943 bits per heavy atom. The lowest BCUT2D eigenvalue weighted by molar-refractivity contribution is -0.140. The summed E-state index contributed by atoms with van der Waals surface area (Å²) in [7, 11) is 0. The maximum absolute atomic E-state index is 13.4. The van der Waals surface area contributed by atoms with Crippen LogP contribution in [0.25, 0.3) is 22.0 Å². The van der Waals surface area contributed by atoms with Crippen molar-refractivity contribution in [3.05, 3.63) is 84.4 Å². The molecule has 0 spiro atoms. The first-order chi connectivity index (χ1) is 17.0. The first kappa shape index (κ1) is 23.2. The van der Waals surface area contributed by atoms with E-state index < -0.39 is 11.9 Å². The molecule has 5 nitrogen and oxygen atoms in total. The van der Waals surface area contributed by atoms with Crippen LogP contribution in [0.15, 0.2) is 73.2 Å². The van der Waals surface area contributed by atoms with E-state index in [0.717, 1.165) is 44.1 Å². The zero-order chi connectivity index (χ0) is 24.3. The van der Waals surface area contributed by atoms with Gasteiger partial charge in [-0.05, 0) is 61.2 Å². The van der Waals surface area contributed by atoms with Gasteiger partial charge in [-0.15, -0.1) is 0 Å². The summed E-state index contributed by atoms with van der Waals surface area (Å²) in [6, 6.07) is 15.8. The number of anilines is 1. The van der Waals surface area contributed by atoms with Gasteiger partial charge >= 0.3 is 6.18 Å². The minimum Gasteiger partial charge on any atom is -0.369 e. The molecule has 0 aliphatic carbocycles. The lowest BCUT2D eigenvalue weighted by atomic mass is 9.96. The number of hydrogen-bond donors (Lipinski definition) is 1. The Bertz CT molecular complexity index is 1270. The normalized spacial score (nSPS) is 15.4. The molecule has 0 radical (unpaired) electrons. The van der Waals surface area contributed by atoms with Gasteiger partial charge in [0.2, 0.25) is 0 Å². The molecule has 1 saturated heterocycles. The van der Waals surface area contributed by atoms with E-state index in [0.29, 0.717) is 34.7 Å². The van der Waals surface area contributed by atoms with Gasteiger partial charge in [-0.1, -0.05) is 36.4 Å². The number of halogens is 3. The molecule has 1 aromatic carbocycles. The molecular formula is C27H26F3N5. The second-order valence-electron chi connectivity index (χ2n) is 8.94. The average molecular weight is 478 g/mol. The van der Waals surface area contributed by atoms with Gasteiger partial charge in [0.1, 0.15) is 11.5 Å². The van der Waals surface area contributed by atoms with E-state index >= 15 is 0 Å². The van der Waals surface area contributed by atoms with E-state index in [2.05, 4.69) is 31.2 Å². The number of likely N-dealkylation sites (tertiary alicyclic amines) is 1. The van der Waals surface area contributed by atoms with Crippen molar-refractivity contribution in [1.82, 2.24) is 19.9 Å². The fourth-order valence-corrected chi connectivity index (χ4v) is 4.58. The van der Waals surface area contributed by atoms with Crippen LogP contribution >= 0.6 is 0 Å². The fraction of sp³-hybridized carbons (Fsp3) is 0.296. The SMILES string of the molecule is FC(F)(F)c1ccc2c(NCC3CCN(Cc4cccnc4)CC3)ncc(-c3ccccc3)c2n1. The van der Waals surface area contributed by atoms with Crippen molar-refractivity contribution in [2.75, 3.05) is 25.0 Å². The van der Waals surface area contributed by atoms with Crippen molar-refractivity contribution in [2.45, 2.75) is 25.6 Å². The predicted molar refractivity (Wildman–Crippen MR) is 131 cm³/mol. The highest BCUT2D eigenvalue weighted by Crippen LogP contribution is 2.35. The zero-order valence-corrected chi connectivity index (χ0v) is 19.2. The number of piperidine rings is 1. The first-order valence-electron chi connectivity index (χ1n) is 11.7. The molecule has 1 aliphatic heterocycles. The number of pyridine rings is 3. The third-order valence-corrected chi connectivity index (χ3v) is 6.50. The summed E-state index contributed by atoms with van der Waals surface area (Å²) in [6.45, 7) is 3.61. The molecule has 35 heavy (non-hydrogen) atoms. The van der Waals surface area contributed by atoms with E-state index in [-0.39, 0.29) is 0 Å². The Hall–Kier alpha value is -3.52. The second-order valence-corrected chi connectivity index (χ2v) is 8.94. The van der Waals surface area contributed by atoms with Gasteiger partial charge in [-0.25, -0.2) is 9.97 Å². The maximum Gasteiger partial charge on any atom is 0.433 e. The van der Waals surface area contributed by atoms with Crippen molar-refractivity contribution in [1.29, 1.82) is 0 Å². The van der Waals surface area contributed by atoms with Gasteiger partial charge in [0, 0.05) is 42.6 Å². The van der Waals surface area contributed by atoms with Crippen LogP contribution in [-0.2, 0) is 12.7 Å². The molecule has 0 unspecified atom stereocenters. The van der Waals surface area contributed by atoms with E-state index in [1.807, 2.05) is 42.6 Å². The molecule has 4 aromatic rings. The average Bonchev–Trinajstić information content (AvgIpc) is 2.88. The number of rotatable bonds is 6. The summed E-state index contributed by atoms with van der Waals surface area (Å²) >= 11 is 0. The fourth-order valence-electron chi connectivity index (χ4n) is 4.58. The quantitative estimate of drug-likeness (QED) is 0.367. The Morgan fingerprint density at radius 3 is 2.46 bits per heavy atom. The molecule has 0 atom stereocenters. The summed E-state index contributed by atoms with van der Waals surface area (Å²) in [5.74, 6) is 1.03. The lowest BCUT2D eigenvalue weighted by Crippen LogP contribution is -2.35. The van der Waals surface area contributed by atoms with Crippen molar-refractivity contribution in [2.24, 2.45) is 5.92 Å². The highest BCUT2D eigenvalue weighted by molar-refractivity contribution is 5.99. The van der Waals surface area contributed by atoms with Crippen LogP contribution in [0.5, 0.6) is 0 Å². The molecule has 0 bridgehead atoms. The molecular weight excluding hydrogens is 451 g/mol. The van der Waals surface area contributed by atoms with Crippen LogP contribution in [0.4, 0.5) is 19.0 Å². The van der Waals surface area contributed by atoms with Gasteiger partial charge in [-0.3, -0.25) is 9.88 Å². The molecule has 180 valence electrons. The van der Waals surface area contributed by atoms with Gasteiger partial charge in [0.25, 0.3) is 0 Å². The monoisotopic (exact) mass is 477 g/mol. The predicted octanol–water partition coefficient (Wildman–Crippen LogP) is 6.03. The van der Waals surface area contributed by atoms with Gasteiger partial charge in [0.05, 0.1) is 5.52 Å². The van der Waals surface area contributed by atoms with E-state index in [1.54, 1.807) is 12.4 Å². The molecule has 8 heteroatoms. The molecule has 3 aromatic heterocycles. The third kappa shape index (κ3) is 5.43. The number of hydrogen-bond acceptors (Lipinski definition) is 5. The largest absolute Gasteiger partial charge is 0.433 e. The lowest BCUT2D eigenvalue weighted by Gasteiger charge is -2.32. The summed E-state index contributed by atoms with van der Waals surface area (Å²) in [4.78, 5) is 15.2. The Morgan fingerprint density at radius 2 is 1.74 bits per heavy atom. The maximum atomic E-state index is 13.4. The number of nitrogens with zero attached hydrogens (tertiary/aromatic N) is 4. The van der Waals surface area contributed by atoms with Crippen LogP contribution in [0.1, 0.15) is 24.1 Å². The molecule has 0 saturated carbocycles. The van der Waals surface area contributed by atoms with Crippen LogP contribution in [-0.4, -0.2) is 39.5 Å². The summed E-state index contributed by atoms with van der Waals surface area (Å²) < 4.78 is 40.2. The second kappa shape index (κ2) is 10.00. The summed E-state index contributed by atoms with van der Waals surface area (Å²) in [6.07, 6.45) is 2.88. The number of alkyl halides is 3. The van der Waals surface area contributed by atoms with Crippen LogP contribution in [0.3, 0.4) is 0 Å². The van der Waals surface area contributed by atoms with E-state index in [9.17, 15) is 13.2 Å². The van der Waals surface area contributed by atoms with E-state index in [1.165, 1.54) is 11.6 Å². The van der Waals surface area contributed by atoms with Crippen LogP contribution < -0.4 is 5.32 Å². The van der Waals surface area contributed by atoms with Crippen molar-refractivity contribution in [3.8, 4) is 11.1 Å². The molecule has 1 N–H and O–H groups in total. The van der Waals surface area contributed by atoms with E-state index in [4.69, 9.17) is 0 Å². The van der Waals surface area contributed by atoms with Crippen LogP contribution in [0.2, 0.25) is 0 Å². The van der Waals surface area contributed by atoms with Crippen molar-refractivity contribution in [3.63, 3.8) is 0 Å². The minimum atomic E-state index is -4.51. The highest BCUT2D eigenvalue weighted by atomic mass is 19.4. The molecule has 5 rings (SSSR count). The van der Waals surface area contributed by atoms with Gasteiger partial charge in [-0.2, -0.15) is 13.2 Å². The number of aromatic nitrogens is 3. The number of fused-ring (bicyclic) bond motifs is 1. The molecule has 1 fully saturated rings. The van der Waals surface area contributed by atoms with Crippen molar-refractivity contribution >= 4 is 16.7 Å². The van der Waals surface area contributed by atoms with Crippen molar-refractivity contribution < 1.29 is 13.2 Å².